The molecule has 0 N–H and O–H groups in total. The minimum atomic E-state index is -3.97. The van der Waals surface area contributed by atoms with E-state index < -0.39 is 10.1 Å². The molecule has 0 aliphatic rings. The van der Waals surface area contributed by atoms with Crippen molar-refractivity contribution in [3.63, 3.8) is 0 Å². The Hall–Kier alpha value is 0.650. The Morgan fingerprint density at radius 2 is 1.46 bits per heavy atom. The summed E-state index contributed by atoms with van der Waals surface area (Å²) in [6.45, 7) is 2.13. The standard InChI is InChI=1S/C8H18O3S.Ag/c1-2-3-4-5-6-7-8-12(9,10)11;/h2-8H2,1H3,(H,9,10,11);/q;+1/p-1. The van der Waals surface area contributed by atoms with Gasteiger partial charge in [0.05, 0.1) is 10.1 Å². The maximum absolute atomic E-state index is 10.2. The Morgan fingerprint density at radius 1 is 1.00 bits per heavy atom. The topological polar surface area (TPSA) is 57.2 Å². The van der Waals surface area contributed by atoms with Crippen molar-refractivity contribution in [3.8, 4) is 0 Å². The summed E-state index contributed by atoms with van der Waals surface area (Å²) >= 11 is 0. The van der Waals surface area contributed by atoms with Gasteiger partial charge >= 0.3 is 22.4 Å². The zero-order valence-electron chi connectivity index (χ0n) is 7.88. The first-order chi connectivity index (χ1) is 5.56. The molecule has 0 saturated heterocycles. The number of unbranched alkanes of at least 4 members (excludes halogenated alkanes) is 5. The van der Waals surface area contributed by atoms with Crippen LogP contribution in [0.2, 0.25) is 0 Å². The zero-order chi connectivity index (χ0) is 9.45. The first-order valence-electron chi connectivity index (χ1n) is 4.50. The molecule has 0 aliphatic heterocycles. The van der Waals surface area contributed by atoms with Crippen molar-refractivity contribution in [3.05, 3.63) is 0 Å². The first-order valence-corrected chi connectivity index (χ1v) is 6.07. The first kappa shape index (κ1) is 16.1. The predicted molar refractivity (Wildman–Crippen MR) is 47.9 cm³/mol. The monoisotopic (exact) mass is 300 g/mol. The van der Waals surface area contributed by atoms with E-state index in [1.165, 1.54) is 12.8 Å². The van der Waals surface area contributed by atoms with E-state index in [4.69, 9.17) is 0 Å². The Labute approximate surface area is 96.6 Å². The predicted octanol–water partition coefficient (Wildman–Crippen LogP) is 1.89. The molecule has 0 fully saturated rings. The van der Waals surface area contributed by atoms with Crippen molar-refractivity contribution in [1.82, 2.24) is 0 Å². The molecule has 0 aromatic heterocycles. The van der Waals surface area contributed by atoms with E-state index in [1.54, 1.807) is 0 Å². The maximum Gasteiger partial charge on any atom is 1.00 e. The second-order valence-corrected chi connectivity index (χ2v) is 4.55. The Bertz CT molecular complexity index is 190. The van der Waals surface area contributed by atoms with Crippen LogP contribution in [-0.4, -0.2) is 18.7 Å². The van der Waals surface area contributed by atoms with E-state index in [9.17, 15) is 13.0 Å². The van der Waals surface area contributed by atoms with Crippen LogP contribution >= 0.6 is 0 Å². The number of rotatable bonds is 7. The second kappa shape index (κ2) is 9.21. The molecule has 0 spiro atoms. The Kier molecular flexibility index (Phi) is 11.4. The molecule has 0 radical (unpaired) electrons. The molecule has 0 heterocycles. The van der Waals surface area contributed by atoms with Crippen molar-refractivity contribution in [1.29, 1.82) is 0 Å². The molecule has 0 atom stereocenters. The van der Waals surface area contributed by atoms with Crippen LogP contribution in [0.1, 0.15) is 45.4 Å². The van der Waals surface area contributed by atoms with Crippen LogP contribution in [0, 0.1) is 0 Å². The summed E-state index contributed by atoms with van der Waals surface area (Å²) in [6, 6.07) is 0. The summed E-state index contributed by atoms with van der Waals surface area (Å²) in [5, 5.41) is 0. The summed E-state index contributed by atoms with van der Waals surface area (Å²) in [5.74, 6) is -0.195. The fourth-order valence-corrected chi connectivity index (χ4v) is 1.62. The minimum absolute atomic E-state index is 0. The minimum Gasteiger partial charge on any atom is -0.748 e. The summed E-state index contributed by atoms with van der Waals surface area (Å²) < 4.78 is 30.5. The van der Waals surface area contributed by atoms with Crippen molar-refractivity contribution < 1.29 is 35.4 Å². The molecule has 0 rings (SSSR count). The van der Waals surface area contributed by atoms with Crippen LogP contribution in [-0.2, 0) is 32.5 Å². The van der Waals surface area contributed by atoms with Gasteiger partial charge in [-0.15, -0.1) is 0 Å². The van der Waals surface area contributed by atoms with Crippen molar-refractivity contribution in [2.24, 2.45) is 0 Å². The van der Waals surface area contributed by atoms with Crippen molar-refractivity contribution >= 4 is 10.1 Å². The van der Waals surface area contributed by atoms with Crippen molar-refractivity contribution in [2.45, 2.75) is 45.4 Å². The smallest absolute Gasteiger partial charge is 0.748 e. The van der Waals surface area contributed by atoms with Gasteiger partial charge in [-0.2, -0.15) is 0 Å². The van der Waals surface area contributed by atoms with Gasteiger partial charge in [-0.3, -0.25) is 0 Å². The van der Waals surface area contributed by atoms with E-state index >= 15 is 0 Å². The van der Waals surface area contributed by atoms with Gasteiger partial charge < -0.3 is 4.55 Å². The van der Waals surface area contributed by atoms with Gasteiger partial charge in [-0.05, 0) is 6.42 Å². The molecule has 0 aliphatic carbocycles. The van der Waals surface area contributed by atoms with Gasteiger partial charge in [0.1, 0.15) is 0 Å². The molecular formula is C8H17AgO3S. The molecule has 0 bridgehead atoms. The number of hydrogen-bond donors (Lipinski definition) is 0. The van der Waals surface area contributed by atoms with Gasteiger partial charge in [0.25, 0.3) is 0 Å². The zero-order valence-corrected chi connectivity index (χ0v) is 10.2. The molecule has 0 unspecified atom stereocenters. The van der Waals surface area contributed by atoms with E-state index in [1.807, 2.05) is 0 Å². The van der Waals surface area contributed by atoms with Gasteiger partial charge in [0.15, 0.2) is 0 Å². The molecule has 0 aromatic rings. The van der Waals surface area contributed by atoms with Crippen LogP contribution in [0.25, 0.3) is 0 Å². The van der Waals surface area contributed by atoms with Crippen LogP contribution in [0.15, 0.2) is 0 Å². The third kappa shape index (κ3) is 15.4. The van der Waals surface area contributed by atoms with Gasteiger partial charge in [0.2, 0.25) is 0 Å². The molecule has 0 saturated carbocycles. The molecule has 13 heavy (non-hydrogen) atoms. The number of hydrogen-bond acceptors (Lipinski definition) is 3. The third-order valence-electron chi connectivity index (χ3n) is 1.75. The second-order valence-electron chi connectivity index (χ2n) is 3.03. The summed E-state index contributed by atoms with van der Waals surface area (Å²) in [7, 11) is -3.97. The molecule has 0 aromatic carbocycles. The average molecular weight is 301 g/mol. The fourth-order valence-electron chi connectivity index (χ4n) is 1.06. The Balaban J connectivity index is 0. The van der Waals surface area contributed by atoms with Crippen molar-refractivity contribution in [2.75, 3.05) is 5.75 Å². The van der Waals surface area contributed by atoms with Crippen LogP contribution < -0.4 is 0 Å². The van der Waals surface area contributed by atoms with Crippen LogP contribution in [0.3, 0.4) is 0 Å². The van der Waals surface area contributed by atoms with Gasteiger partial charge in [-0.1, -0.05) is 39.0 Å². The summed E-state index contributed by atoms with van der Waals surface area (Å²) in [5.41, 5.74) is 0. The van der Waals surface area contributed by atoms with E-state index in [-0.39, 0.29) is 28.1 Å². The molecular weight excluding hydrogens is 284 g/mol. The molecule has 0 amide bonds. The quantitative estimate of drug-likeness (QED) is 0.410. The van der Waals surface area contributed by atoms with E-state index in [0.29, 0.717) is 6.42 Å². The normalized spacial score (nSPS) is 10.9. The summed E-state index contributed by atoms with van der Waals surface area (Å²) in [4.78, 5) is 0. The van der Waals surface area contributed by atoms with Gasteiger partial charge in [0, 0.05) is 5.75 Å². The third-order valence-corrected chi connectivity index (χ3v) is 2.54. The van der Waals surface area contributed by atoms with Gasteiger partial charge in [-0.25, -0.2) is 8.42 Å². The fraction of sp³-hybridized carbons (Fsp3) is 1.00. The van der Waals surface area contributed by atoms with Crippen LogP contribution in [0.5, 0.6) is 0 Å². The Morgan fingerprint density at radius 3 is 1.92 bits per heavy atom. The SMILES string of the molecule is CCCCCCCCS(=O)(=O)[O-].[Ag+]. The maximum atomic E-state index is 10.2. The largest absolute Gasteiger partial charge is 1.00 e. The molecule has 5 heteroatoms. The van der Waals surface area contributed by atoms with Crippen LogP contribution in [0.4, 0.5) is 0 Å². The summed E-state index contributed by atoms with van der Waals surface area (Å²) in [6.07, 6.45) is 5.96. The molecule has 3 nitrogen and oxygen atoms in total. The van der Waals surface area contributed by atoms with E-state index in [0.717, 1.165) is 19.3 Å². The average Bonchev–Trinajstić information content (AvgIpc) is 1.94. The van der Waals surface area contributed by atoms with E-state index in [2.05, 4.69) is 6.92 Å². The molecule has 84 valence electrons.